The second-order valence-electron chi connectivity index (χ2n) is 9.23. The molecule has 0 aliphatic heterocycles. The van der Waals surface area contributed by atoms with Gasteiger partial charge in [0.2, 0.25) is 5.91 Å². The van der Waals surface area contributed by atoms with E-state index >= 15 is 0 Å². The van der Waals surface area contributed by atoms with Gasteiger partial charge in [-0.1, -0.05) is 24.3 Å². The summed E-state index contributed by atoms with van der Waals surface area (Å²) in [6.07, 6.45) is 4.61. The zero-order chi connectivity index (χ0) is 27.3. The van der Waals surface area contributed by atoms with Gasteiger partial charge in [0.05, 0.1) is 12.7 Å². The summed E-state index contributed by atoms with van der Waals surface area (Å²) in [7, 11) is 0. The number of nitrogens with zero attached hydrogens (tertiary/aromatic N) is 3. The number of nitrogens with two attached hydrogens (primary N) is 2. The second-order valence-corrected chi connectivity index (χ2v) is 9.23. The maximum atomic E-state index is 11.4. The van der Waals surface area contributed by atoms with Crippen LogP contribution in [0.15, 0.2) is 54.9 Å². The monoisotopic (exact) mass is 501 g/mol. The van der Waals surface area contributed by atoms with Crippen LogP contribution in [0, 0.1) is 27.7 Å². The zero-order valence-corrected chi connectivity index (χ0v) is 22.1. The van der Waals surface area contributed by atoms with Gasteiger partial charge in [-0.25, -0.2) is 4.79 Å². The molecule has 0 atom stereocenters. The number of carbonyl (C=O) groups is 2. The molecule has 0 bridgehead atoms. The summed E-state index contributed by atoms with van der Waals surface area (Å²) in [6.45, 7) is 11.1. The van der Waals surface area contributed by atoms with E-state index in [1.165, 1.54) is 11.1 Å². The van der Waals surface area contributed by atoms with Gasteiger partial charge in [0.15, 0.2) is 0 Å². The molecule has 5 N–H and O–H groups in total. The lowest BCUT2D eigenvalue weighted by Gasteiger charge is -2.11. The van der Waals surface area contributed by atoms with E-state index in [4.69, 9.17) is 11.5 Å². The third-order valence-corrected chi connectivity index (χ3v) is 6.56. The molecule has 0 fully saturated rings. The number of primary amides is 1. The van der Waals surface area contributed by atoms with Crippen LogP contribution in [0.3, 0.4) is 0 Å². The van der Waals surface area contributed by atoms with Crippen molar-refractivity contribution in [3.05, 3.63) is 105 Å². The Bertz CT molecular complexity index is 1410. The number of aryl methyl sites for hydroxylation is 2. The van der Waals surface area contributed by atoms with Crippen molar-refractivity contribution in [1.82, 2.24) is 14.3 Å². The van der Waals surface area contributed by atoms with Gasteiger partial charge >= 0.3 is 5.97 Å². The predicted molar refractivity (Wildman–Crippen MR) is 146 cm³/mol. The summed E-state index contributed by atoms with van der Waals surface area (Å²) in [4.78, 5) is 22.3. The van der Waals surface area contributed by atoms with Crippen molar-refractivity contribution in [2.45, 2.75) is 54.1 Å². The Balaban J connectivity index is 0.000000266. The van der Waals surface area contributed by atoms with Gasteiger partial charge in [-0.3, -0.25) is 9.48 Å². The molecule has 0 radical (unpaired) electrons. The lowest BCUT2D eigenvalue weighted by atomic mass is 10.0. The van der Waals surface area contributed by atoms with E-state index in [9.17, 15) is 14.7 Å². The highest BCUT2D eigenvalue weighted by atomic mass is 16.4. The number of amides is 1. The van der Waals surface area contributed by atoms with E-state index in [-0.39, 0.29) is 0 Å². The first-order valence-corrected chi connectivity index (χ1v) is 12.2. The van der Waals surface area contributed by atoms with Gasteiger partial charge in [-0.15, -0.1) is 0 Å². The van der Waals surface area contributed by atoms with Crippen molar-refractivity contribution in [1.29, 1.82) is 0 Å². The topological polar surface area (TPSA) is 129 Å². The SMILES string of the molecule is CCn1c(C(=O)O)cc(C)c1Cc1ccc(Cn2cc(C)cn2)cc1.Cc1c(N)ccc(C(N)=O)c1C. The molecule has 37 heavy (non-hydrogen) atoms. The highest BCUT2D eigenvalue weighted by molar-refractivity contribution is 5.95. The molecular formula is C29H35N5O3. The van der Waals surface area contributed by atoms with Crippen molar-refractivity contribution in [2.24, 2.45) is 5.73 Å². The maximum Gasteiger partial charge on any atom is 0.352 e. The third-order valence-electron chi connectivity index (χ3n) is 6.56. The largest absolute Gasteiger partial charge is 0.477 e. The van der Waals surface area contributed by atoms with Crippen LogP contribution in [0.25, 0.3) is 0 Å². The van der Waals surface area contributed by atoms with E-state index in [0.717, 1.165) is 40.9 Å². The minimum Gasteiger partial charge on any atom is -0.477 e. The van der Waals surface area contributed by atoms with E-state index in [1.807, 2.05) is 56.3 Å². The number of rotatable bonds is 7. The fourth-order valence-electron chi connectivity index (χ4n) is 4.30. The summed E-state index contributed by atoms with van der Waals surface area (Å²) in [6, 6.07) is 13.5. The quantitative estimate of drug-likeness (QED) is 0.318. The first-order valence-electron chi connectivity index (χ1n) is 12.2. The number of benzene rings is 2. The fraction of sp³-hybridized carbons (Fsp3) is 0.276. The molecule has 1 amide bonds. The molecule has 0 saturated carbocycles. The molecular weight excluding hydrogens is 466 g/mol. The van der Waals surface area contributed by atoms with Gasteiger partial charge in [-0.2, -0.15) is 5.10 Å². The van der Waals surface area contributed by atoms with Gasteiger partial charge in [0.25, 0.3) is 0 Å². The Labute approximate surface area is 217 Å². The summed E-state index contributed by atoms with van der Waals surface area (Å²) in [5.41, 5.74) is 19.8. The lowest BCUT2D eigenvalue weighted by molar-refractivity contribution is 0.0684. The smallest absolute Gasteiger partial charge is 0.352 e. The van der Waals surface area contributed by atoms with Crippen LogP contribution in [-0.4, -0.2) is 31.3 Å². The van der Waals surface area contributed by atoms with E-state index in [0.29, 0.717) is 23.5 Å². The van der Waals surface area contributed by atoms with Crippen molar-refractivity contribution >= 4 is 17.6 Å². The number of carbonyl (C=O) groups excluding carboxylic acids is 1. The number of aromatic carboxylic acids is 1. The molecule has 0 unspecified atom stereocenters. The Morgan fingerprint density at radius 2 is 1.62 bits per heavy atom. The van der Waals surface area contributed by atoms with Gasteiger partial charge < -0.3 is 21.1 Å². The summed E-state index contributed by atoms with van der Waals surface area (Å²) in [5.74, 6) is -1.28. The number of hydrogen-bond acceptors (Lipinski definition) is 4. The standard InChI is InChI=1S/C20H23N3O2.C9H12N2O/c1-4-23-18(15(3)9-19(23)20(24)25)10-16-5-7-17(8-6-16)13-22-12-14(2)11-21-22;1-5-6(2)8(10)4-3-7(5)9(11)12/h5-9,11-12H,4,10,13H2,1-3H3,(H,24,25);3-4H,10H2,1-2H3,(H2,11,12). The number of aromatic nitrogens is 3. The Morgan fingerprint density at radius 3 is 2.16 bits per heavy atom. The van der Waals surface area contributed by atoms with Crippen LogP contribution in [0.4, 0.5) is 5.69 Å². The molecule has 8 nitrogen and oxygen atoms in total. The van der Waals surface area contributed by atoms with E-state index in [1.54, 1.807) is 18.2 Å². The maximum absolute atomic E-state index is 11.4. The van der Waals surface area contributed by atoms with Crippen LogP contribution in [0.2, 0.25) is 0 Å². The number of nitrogen functional groups attached to an aromatic ring is 1. The molecule has 2 aromatic carbocycles. The molecule has 0 aliphatic carbocycles. The number of hydrogen-bond donors (Lipinski definition) is 3. The normalized spacial score (nSPS) is 10.6. The van der Waals surface area contributed by atoms with Crippen molar-refractivity contribution < 1.29 is 14.7 Å². The molecule has 0 spiro atoms. The van der Waals surface area contributed by atoms with Crippen LogP contribution in [0.1, 0.15) is 66.8 Å². The Kier molecular flexibility index (Phi) is 8.55. The molecule has 194 valence electrons. The molecule has 2 heterocycles. The molecule has 4 aromatic rings. The summed E-state index contributed by atoms with van der Waals surface area (Å²) < 4.78 is 3.81. The Morgan fingerprint density at radius 1 is 0.973 bits per heavy atom. The van der Waals surface area contributed by atoms with Crippen molar-refractivity contribution in [3.63, 3.8) is 0 Å². The van der Waals surface area contributed by atoms with Crippen molar-refractivity contribution in [3.8, 4) is 0 Å². The van der Waals surface area contributed by atoms with Gasteiger partial charge in [-0.05, 0) is 86.2 Å². The van der Waals surface area contributed by atoms with Crippen LogP contribution >= 0.6 is 0 Å². The first-order chi connectivity index (χ1) is 17.5. The van der Waals surface area contributed by atoms with Crippen LogP contribution in [-0.2, 0) is 19.5 Å². The van der Waals surface area contributed by atoms with E-state index < -0.39 is 11.9 Å². The third kappa shape index (κ3) is 6.46. The number of carboxylic acids is 1. The van der Waals surface area contributed by atoms with Gasteiger partial charge in [0, 0.05) is 36.1 Å². The summed E-state index contributed by atoms with van der Waals surface area (Å²) >= 11 is 0. The fourth-order valence-corrected chi connectivity index (χ4v) is 4.30. The zero-order valence-electron chi connectivity index (χ0n) is 22.1. The predicted octanol–water partition coefficient (Wildman–Crippen LogP) is 4.64. The molecule has 0 aliphatic rings. The molecule has 2 aromatic heterocycles. The Hall–Kier alpha value is -4.33. The highest BCUT2D eigenvalue weighted by Crippen LogP contribution is 2.21. The minimum absolute atomic E-state index is 0.362. The average molecular weight is 502 g/mol. The first kappa shape index (κ1) is 27.3. The van der Waals surface area contributed by atoms with Crippen molar-refractivity contribution in [2.75, 3.05) is 5.73 Å². The number of carboxylic acid groups (broad SMARTS) is 1. The lowest BCUT2D eigenvalue weighted by Crippen LogP contribution is -2.13. The van der Waals surface area contributed by atoms with Gasteiger partial charge in [0.1, 0.15) is 5.69 Å². The minimum atomic E-state index is -0.874. The van der Waals surface area contributed by atoms with E-state index in [2.05, 4.69) is 29.4 Å². The van der Waals surface area contributed by atoms with Crippen LogP contribution < -0.4 is 11.5 Å². The summed E-state index contributed by atoms with van der Waals surface area (Å²) in [5, 5.41) is 13.7. The highest BCUT2D eigenvalue weighted by Gasteiger charge is 2.16. The molecule has 4 rings (SSSR count). The average Bonchev–Trinajstić information content (AvgIpc) is 3.41. The number of anilines is 1. The van der Waals surface area contributed by atoms with Crippen LogP contribution in [0.5, 0.6) is 0 Å². The second kappa shape index (κ2) is 11.6. The molecule has 8 heteroatoms. The molecule has 0 saturated heterocycles.